The van der Waals surface area contributed by atoms with Crippen molar-refractivity contribution in [3.8, 4) is 0 Å². The number of halogens is 1. The molecular weight excluding hydrogens is 244 g/mol. The average molecular weight is 257 g/mol. The first-order valence-corrected chi connectivity index (χ1v) is 5.38. The molecule has 1 aliphatic heterocycles. The zero-order chi connectivity index (χ0) is 9.97. The molecule has 0 aliphatic carbocycles. The average Bonchev–Trinajstić information content (AvgIpc) is 2.19. The van der Waals surface area contributed by atoms with Gasteiger partial charge in [0, 0.05) is 18.1 Å². The van der Waals surface area contributed by atoms with Crippen LogP contribution in [0.1, 0.15) is 0 Å². The molecule has 3 nitrogen and oxygen atoms in total. The van der Waals surface area contributed by atoms with Crippen LogP contribution in [0.15, 0.2) is 22.7 Å². The molecular formula is C10H13BrN2O. The Morgan fingerprint density at radius 1 is 1.50 bits per heavy atom. The van der Waals surface area contributed by atoms with Gasteiger partial charge in [0.2, 0.25) is 0 Å². The lowest BCUT2D eigenvalue weighted by Gasteiger charge is -2.27. The molecule has 0 fully saturated rings. The lowest BCUT2D eigenvalue weighted by molar-refractivity contribution is 0.188. The Balaban J connectivity index is 2.15. The Morgan fingerprint density at radius 2 is 2.36 bits per heavy atom. The summed E-state index contributed by atoms with van der Waals surface area (Å²) in [4.78, 5) is 0. The second-order valence-corrected chi connectivity index (χ2v) is 4.28. The van der Waals surface area contributed by atoms with Crippen LogP contribution in [-0.4, -0.2) is 26.3 Å². The molecule has 14 heavy (non-hydrogen) atoms. The number of ether oxygens (including phenoxy) is 1. The van der Waals surface area contributed by atoms with Gasteiger partial charge >= 0.3 is 0 Å². The van der Waals surface area contributed by atoms with Gasteiger partial charge in [0.25, 0.3) is 0 Å². The van der Waals surface area contributed by atoms with Gasteiger partial charge in [0.1, 0.15) is 0 Å². The summed E-state index contributed by atoms with van der Waals surface area (Å²) in [6.45, 7) is 1.62. The minimum Gasteiger partial charge on any atom is -0.382 e. The van der Waals surface area contributed by atoms with Crippen LogP contribution < -0.4 is 10.6 Å². The summed E-state index contributed by atoms with van der Waals surface area (Å²) in [7, 11) is 1.72. The van der Waals surface area contributed by atoms with E-state index in [-0.39, 0.29) is 0 Å². The quantitative estimate of drug-likeness (QED) is 0.852. The first-order valence-electron chi connectivity index (χ1n) is 4.58. The summed E-state index contributed by atoms with van der Waals surface area (Å²) in [5.74, 6) is 0. The molecule has 0 amide bonds. The summed E-state index contributed by atoms with van der Waals surface area (Å²) in [5, 5.41) is 6.78. The van der Waals surface area contributed by atoms with E-state index >= 15 is 0 Å². The molecule has 2 N–H and O–H groups in total. The van der Waals surface area contributed by atoms with E-state index in [0.29, 0.717) is 6.04 Å². The van der Waals surface area contributed by atoms with Gasteiger partial charge in [-0.05, 0) is 18.2 Å². The van der Waals surface area contributed by atoms with Crippen molar-refractivity contribution in [3.05, 3.63) is 22.7 Å². The SMILES string of the molecule is COCC1CNc2cc(Br)ccc2N1. The van der Waals surface area contributed by atoms with E-state index in [0.717, 1.165) is 29.0 Å². The normalized spacial score (nSPS) is 19.4. The minimum absolute atomic E-state index is 0.355. The van der Waals surface area contributed by atoms with E-state index in [4.69, 9.17) is 4.74 Å². The number of rotatable bonds is 2. The van der Waals surface area contributed by atoms with Crippen molar-refractivity contribution < 1.29 is 4.74 Å². The number of methoxy groups -OCH3 is 1. The van der Waals surface area contributed by atoms with Crippen molar-refractivity contribution >= 4 is 27.3 Å². The van der Waals surface area contributed by atoms with Crippen LogP contribution in [0, 0.1) is 0 Å². The predicted octanol–water partition coefficient (Wildman–Crippen LogP) is 2.30. The Bertz CT molecular complexity index is 330. The molecule has 0 radical (unpaired) electrons. The summed E-state index contributed by atoms with van der Waals surface area (Å²) < 4.78 is 6.20. The van der Waals surface area contributed by atoms with Crippen molar-refractivity contribution in [2.75, 3.05) is 30.9 Å². The van der Waals surface area contributed by atoms with Gasteiger partial charge in [0.15, 0.2) is 0 Å². The number of nitrogens with one attached hydrogen (secondary N) is 2. The van der Waals surface area contributed by atoms with Crippen LogP contribution in [0.2, 0.25) is 0 Å². The van der Waals surface area contributed by atoms with Crippen LogP contribution >= 0.6 is 15.9 Å². The number of hydrogen-bond acceptors (Lipinski definition) is 3. The number of anilines is 2. The Labute approximate surface area is 92.0 Å². The third-order valence-corrected chi connectivity index (χ3v) is 2.74. The number of fused-ring (bicyclic) bond motifs is 1. The molecule has 1 heterocycles. The van der Waals surface area contributed by atoms with E-state index in [2.05, 4.69) is 38.7 Å². The highest BCUT2D eigenvalue weighted by molar-refractivity contribution is 9.10. The second-order valence-electron chi connectivity index (χ2n) is 3.37. The molecule has 1 aromatic rings. The largest absolute Gasteiger partial charge is 0.382 e. The maximum Gasteiger partial charge on any atom is 0.0681 e. The van der Waals surface area contributed by atoms with Crippen molar-refractivity contribution in [3.63, 3.8) is 0 Å². The molecule has 0 spiro atoms. The van der Waals surface area contributed by atoms with E-state index < -0.39 is 0 Å². The molecule has 0 saturated carbocycles. The first-order chi connectivity index (χ1) is 6.79. The predicted molar refractivity (Wildman–Crippen MR) is 61.9 cm³/mol. The maximum atomic E-state index is 5.11. The molecule has 0 aromatic heterocycles. The van der Waals surface area contributed by atoms with Crippen LogP contribution in [0.25, 0.3) is 0 Å². The van der Waals surface area contributed by atoms with Gasteiger partial charge in [-0.2, -0.15) is 0 Å². The highest BCUT2D eigenvalue weighted by Crippen LogP contribution is 2.29. The fraction of sp³-hybridized carbons (Fsp3) is 0.400. The summed E-state index contributed by atoms with van der Waals surface area (Å²) in [5.41, 5.74) is 2.29. The molecule has 1 aromatic carbocycles. The van der Waals surface area contributed by atoms with Crippen LogP contribution in [-0.2, 0) is 4.74 Å². The molecule has 0 saturated heterocycles. The number of benzene rings is 1. The van der Waals surface area contributed by atoms with Gasteiger partial charge in [-0.3, -0.25) is 0 Å². The van der Waals surface area contributed by atoms with E-state index in [1.165, 1.54) is 0 Å². The fourth-order valence-electron chi connectivity index (χ4n) is 1.59. The Morgan fingerprint density at radius 3 is 3.14 bits per heavy atom. The third kappa shape index (κ3) is 2.01. The zero-order valence-electron chi connectivity index (χ0n) is 8.01. The molecule has 1 unspecified atom stereocenters. The van der Waals surface area contributed by atoms with Crippen molar-refractivity contribution in [2.45, 2.75) is 6.04 Å². The Hall–Kier alpha value is -0.740. The van der Waals surface area contributed by atoms with Gasteiger partial charge in [-0.1, -0.05) is 15.9 Å². The molecule has 1 atom stereocenters. The summed E-state index contributed by atoms with van der Waals surface area (Å²) in [6.07, 6.45) is 0. The highest BCUT2D eigenvalue weighted by atomic mass is 79.9. The topological polar surface area (TPSA) is 33.3 Å². The molecule has 0 bridgehead atoms. The van der Waals surface area contributed by atoms with Gasteiger partial charge in [-0.15, -0.1) is 0 Å². The monoisotopic (exact) mass is 256 g/mol. The van der Waals surface area contributed by atoms with Gasteiger partial charge < -0.3 is 15.4 Å². The minimum atomic E-state index is 0.355. The van der Waals surface area contributed by atoms with E-state index in [1.807, 2.05) is 6.07 Å². The van der Waals surface area contributed by atoms with Crippen LogP contribution in [0.5, 0.6) is 0 Å². The molecule has 4 heteroatoms. The maximum absolute atomic E-state index is 5.11. The third-order valence-electron chi connectivity index (χ3n) is 2.25. The van der Waals surface area contributed by atoms with Crippen LogP contribution in [0.4, 0.5) is 11.4 Å². The lowest BCUT2D eigenvalue weighted by Crippen LogP contribution is -2.36. The molecule has 76 valence electrons. The van der Waals surface area contributed by atoms with Crippen molar-refractivity contribution in [2.24, 2.45) is 0 Å². The molecule has 1 aliphatic rings. The van der Waals surface area contributed by atoms with E-state index in [1.54, 1.807) is 7.11 Å². The zero-order valence-corrected chi connectivity index (χ0v) is 9.60. The smallest absolute Gasteiger partial charge is 0.0681 e. The molecule has 2 rings (SSSR count). The van der Waals surface area contributed by atoms with Gasteiger partial charge in [-0.25, -0.2) is 0 Å². The van der Waals surface area contributed by atoms with Crippen LogP contribution in [0.3, 0.4) is 0 Å². The van der Waals surface area contributed by atoms with E-state index in [9.17, 15) is 0 Å². The Kier molecular flexibility index (Phi) is 2.93. The number of hydrogen-bond donors (Lipinski definition) is 2. The lowest BCUT2D eigenvalue weighted by atomic mass is 10.1. The second kappa shape index (κ2) is 4.19. The summed E-state index contributed by atoms with van der Waals surface area (Å²) >= 11 is 3.44. The first kappa shape index (κ1) is 9.80. The van der Waals surface area contributed by atoms with Crippen molar-refractivity contribution in [1.29, 1.82) is 0 Å². The van der Waals surface area contributed by atoms with Crippen molar-refractivity contribution in [1.82, 2.24) is 0 Å². The fourth-order valence-corrected chi connectivity index (χ4v) is 1.96. The standard InChI is InChI=1S/C10H13BrN2O/c1-14-6-8-5-12-10-4-7(11)2-3-9(10)13-8/h2-4,8,12-13H,5-6H2,1H3. The highest BCUT2D eigenvalue weighted by Gasteiger charge is 2.16. The van der Waals surface area contributed by atoms with Gasteiger partial charge in [0.05, 0.1) is 24.0 Å². The summed E-state index contributed by atoms with van der Waals surface area (Å²) in [6, 6.07) is 6.52.